The quantitative estimate of drug-likeness (QED) is 0.852. The van der Waals surface area contributed by atoms with Crippen LogP contribution in [0.2, 0.25) is 0 Å². The molecule has 22 heavy (non-hydrogen) atoms. The zero-order valence-corrected chi connectivity index (χ0v) is 13.5. The highest BCUT2D eigenvalue weighted by Crippen LogP contribution is 2.22. The van der Waals surface area contributed by atoms with Gasteiger partial charge in [0.05, 0.1) is 13.7 Å². The Balaban J connectivity index is 2.38. The molecule has 0 saturated heterocycles. The highest BCUT2D eigenvalue weighted by molar-refractivity contribution is 5.91. The maximum absolute atomic E-state index is 12.1. The van der Waals surface area contributed by atoms with Crippen LogP contribution in [-0.4, -0.2) is 23.0 Å². The van der Waals surface area contributed by atoms with Crippen LogP contribution in [-0.2, 0) is 17.8 Å². The topological polar surface area (TPSA) is 55.3 Å². The first-order chi connectivity index (χ1) is 10.5. The van der Waals surface area contributed by atoms with Gasteiger partial charge in [0.1, 0.15) is 17.4 Å². The average molecular weight is 299 g/mol. The van der Waals surface area contributed by atoms with E-state index in [1.54, 1.807) is 25.1 Å². The number of carbonyl (C=O) groups is 1. The second-order valence-corrected chi connectivity index (χ2v) is 5.08. The molecule has 1 aromatic heterocycles. The van der Waals surface area contributed by atoms with E-state index >= 15 is 0 Å². The molecule has 1 aromatic carbocycles. The standard InChI is InChI=1S/C17H21N3O2/c1-5-15-10-18-12(2)19-17(15)20(13(3)21)11-14-7-6-8-16(9-14)22-4/h6-10H,5,11H2,1-4H3. The van der Waals surface area contributed by atoms with E-state index in [1.165, 1.54) is 0 Å². The molecular weight excluding hydrogens is 278 g/mol. The first kappa shape index (κ1) is 15.9. The summed E-state index contributed by atoms with van der Waals surface area (Å²) in [5, 5.41) is 0. The Bertz CT molecular complexity index is 671. The summed E-state index contributed by atoms with van der Waals surface area (Å²) in [4.78, 5) is 22.5. The molecule has 0 unspecified atom stereocenters. The Morgan fingerprint density at radius 3 is 2.77 bits per heavy atom. The molecule has 5 heteroatoms. The minimum atomic E-state index is -0.0457. The lowest BCUT2D eigenvalue weighted by atomic mass is 10.1. The molecule has 0 bridgehead atoms. The lowest BCUT2D eigenvalue weighted by Crippen LogP contribution is -2.30. The molecule has 0 atom stereocenters. The van der Waals surface area contributed by atoms with E-state index in [2.05, 4.69) is 9.97 Å². The number of aromatic nitrogens is 2. The molecule has 0 radical (unpaired) electrons. The van der Waals surface area contributed by atoms with Crippen LogP contribution in [0.15, 0.2) is 30.5 Å². The molecule has 2 rings (SSSR count). The van der Waals surface area contributed by atoms with Gasteiger partial charge in [0.15, 0.2) is 0 Å². The number of methoxy groups -OCH3 is 1. The van der Waals surface area contributed by atoms with Gasteiger partial charge in [-0.1, -0.05) is 19.1 Å². The van der Waals surface area contributed by atoms with Gasteiger partial charge in [0.25, 0.3) is 0 Å². The van der Waals surface area contributed by atoms with E-state index in [4.69, 9.17) is 4.74 Å². The number of anilines is 1. The van der Waals surface area contributed by atoms with E-state index in [-0.39, 0.29) is 5.91 Å². The zero-order valence-electron chi connectivity index (χ0n) is 13.5. The number of hydrogen-bond acceptors (Lipinski definition) is 4. The maximum Gasteiger partial charge on any atom is 0.225 e. The van der Waals surface area contributed by atoms with Crippen molar-refractivity contribution in [2.24, 2.45) is 0 Å². The molecule has 5 nitrogen and oxygen atoms in total. The van der Waals surface area contributed by atoms with E-state index in [1.807, 2.05) is 38.1 Å². The first-order valence-corrected chi connectivity index (χ1v) is 7.28. The number of hydrogen-bond donors (Lipinski definition) is 0. The number of rotatable bonds is 5. The SMILES string of the molecule is CCc1cnc(C)nc1N(Cc1cccc(OC)c1)C(C)=O. The second-order valence-electron chi connectivity index (χ2n) is 5.08. The smallest absolute Gasteiger partial charge is 0.225 e. The minimum Gasteiger partial charge on any atom is -0.497 e. The highest BCUT2D eigenvalue weighted by atomic mass is 16.5. The third-order valence-corrected chi connectivity index (χ3v) is 3.45. The molecular formula is C17H21N3O2. The fraction of sp³-hybridized carbons (Fsp3) is 0.353. The van der Waals surface area contributed by atoms with Crippen LogP contribution in [0.25, 0.3) is 0 Å². The van der Waals surface area contributed by atoms with Crippen molar-refractivity contribution < 1.29 is 9.53 Å². The molecule has 0 aliphatic carbocycles. The first-order valence-electron chi connectivity index (χ1n) is 7.28. The average Bonchev–Trinajstić information content (AvgIpc) is 2.52. The molecule has 0 spiro atoms. The van der Waals surface area contributed by atoms with Crippen LogP contribution in [0.1, 0.15) is 30.8 Å². The normalized spacial score (nSPS) is 10.4. The van der Waals surface area contributed by atoms with Gasteiger partial charge in [0, 0.05) is 18.7 Å². The number of carbonyl (C=O) groups excluding carboxylic acids is 1. The Labute approximate surface area is 131 Å². The minimum absolute atomic E-state index is 0.0457. The van der Waals surface area contributed by atoms with Crippen LogP contribution in [0.4, 0.5) is 5.82 Å². The van der Waals surface area contributed by atoms with E-state index in [0.717, 1.165) is 23.3 Å². The van der Waals surface area contributed by atoms with Crippen molar-refractivity contribution in [3.05, 3.63) is 47.4 Å². The van der Waals surface area contributed by atoms with Crippen LogP contribution in [0, 0.1) is 6.92 Å². The van der Waals surface area contributed by atoms with Gasteiger partial charge in [-0.05, 0) is 31.0 Å². The largest absolute Gasteiger partial charge is 0.497 e. The van der Waals surface area contributed by atoms with Gasteiger partial charge < -0.3 is 4.74 Å². The Morgan fingerprint density at radius 1 is 1.36 bits per heavy atom. The van der Waals surface area contributed by atoms with Crippen LogP contribution in [0.5, 0.6) is 5.75 Å². The molecule has 0 N–H and O–H groups in total. The second kappa shape index (κ2) is 7.02. The predicted octanol–water partition coefficient (Wildman–Crippen LogP) is 2.91. The third-order valence-electron chi connectivity index (χ3n) is 3.45. The predicted molar refractivity (Wildman–Crippen MR) is 86.0 cm³/mol. The van der Waals surface area contributed by atoms with E-state index in [0.29, 0.717) is 18.2 Å². The van der Waals surface area contributed by atoms with Crippen molar-refractivity contribution in [3.63, 3.8) is 0 Å². The Kier molecular flexibility index (Phi) is 5.09. The summed E-state index contributed by atoms with van der Waals surface area (Å²) in [7, 11) is 1.63. The van der Waals surface area contributed by atoms with Gasteiger partial charge in [-0.3, -0.25) is 9.69 Å². The summed E-state index contributed by atoms with van der Waals surface area (Å²) in [6.45, 7) is 5.86. The Hall–Kier alpha value is -2.43. The maximum atomic E-state index is 12.1. The monoisotopic (exact) mass is 299 g/mol. The summed E-state index contributed by atoms with van der Waals surface area (Å²) >= 11 is 0. The molecule has 0 fully saturated rings. The van der Waals surface area contributed by atoms with Crippen molar-refractivity contribution in [1.82, 2.24) is 9.97 Å². The molecule has 1 heterocycles. The summed E-state index contributed by atoms with van der Waals surface area (Å²) in [6.07, 6.45) is 2.57. The molecule has 2 aromatic rings. The van der Waals surface area contributed by atoms with Gasteiger partial charge in [0.2, 0.25) is 5.91 Å². The third kappa shape index (κ3) is 3.61. The van der Waals surface area contributed by atoms with E-state index < -0.39 is 0 Å². The van der Waals surface area contributed by atoms with Gasteiger partial charge in [-0.15, -0.1) is 0 Å². The lowest BCUT2D eigenvalue weighted by molar-refractivity contribution is -0.116. The molecule has 0 aliphatic rings. The lowest BCUT2D eigenvalue weighted by Gasteiger charge is -2.23. The summed E-state index contributed by atoms with van der Waals surface area (Å²) < 4.78 is 5.24. The molecule has 116 valence electrons. The number of amides is 1. The number of aryl methyl sites for hydroxylation is 2. The molecule has 0 aliphatic heterocycles. The number of benzene rings is 1. The van der Waals surface area contributed by atoms with Crippen LogP contribution < -0.4 is 9.64 Å². The Morgan fingerprint density at radius 2 is 2.14 bits per heavy atom. The van der Waals surface area contributed by atoms with E-state index in [9.17, 15) is 4.79 Å². The van der Waals surface area contributed by atoms with Crippen LogP contribution in [0.3, 0.4) is 0 Å². The fourth-order valence-corrected chi connectivity index (χ4v) is 2.25. The zero-order chi connectivity index (χ0) is 16.1. The summed E-state index contributed by atoms with van der Waals surface area (Å²) in [6, 6.07) is 7.69. The van der Waals surface area contributed by atoms with Gasteiger partial charge in [-0.25, -0.2) is 9.97 Å². The number of nitrogens with zero attached hydrogens (tertiary/aromatic N) is 3. The van der Waals surface area contributed by atoms with Crippen molar-refractivity contribution in [2.75, 3.05) is 12.0 Å². The molecule has 1 amide bonds. The van der Waals surface area contributed by atoms with Crippen molar-refractivity contribution in [3.8, 4) is 5.75 Å². The van der Waals surface area contributed by atoms with Crippen molar-refractivity contribution >= 4 is 11.7 Å². The van der Waals surface area contributed by atoms with Gasteiger partial charge >= 0.3 is 0 Å². The van der Waals surface area contributed by atoms with Gasteiger partial charge in [-0.2, -0.15) is 0 Å². The van der Waals surface area contributed by atoms with Crippen molar-refractivity contribution in [2.45, 2.75) is 33.7 Å². The summed E-state index contributed by atoms with van der Waals surface area (Å²) in [5.74, 6) is 2.07. The summed E-state index contributed by atoms with van der Waals surface area (Å²) in [5.41, 5.74) is 1.96. The molecule has 0 saturated carbocycles. The fourth-order valence-electron chi connectivity index (χ4n) is 2.25. The number of ether oxygens (including phenoxy) is 1. The highest BCUT2D eigenvalue weighted by Gasteiger charge is 2.18. The van der Waals surface area contributed by atoms with Crippen LogP contribution >= 0.6 is 0 Å². The van der Waals surface area contributed by atoms with Crippen molar-refractivity contribution in [1.29, 1.82) is 0 Å².